The molecule has 0 saturated carbocycles. The third kappa shape index (κ3) is 4.84. The maximum Gasteiger partial charge on any atom is 0.262 e. The third-order valence-corrected chi connectivity index (χ3v) is 5.54. The van der Waals surface area contributed by atoms with Crippen LogP contribution in [0.4, 0.5) is 11.4 Å². The summed E-state index contributed by atoms with van der Waals surface area (Å²) in [4.78, 5) is 14.8. The first-order valence-electron chi connectivity index (χ1n) is 10.6. The Balaban J connectivity index is 1.32. The van der Waals surface area contributed by atoms with Crippen LogP contribution < -0.4 is 19.7 Å². The number of nitrogens with zero attached hydrogens (tertiary/aromatic N) is 1. The van der Waals surface area contributed by atoms with Crippen molar-refractivity contribution >= 4 is 17.3 Å². The number of nitrogens with one attached hydrogen (secondary N) is 1. The highest BCUT2D eigenvalue weighted by Gasteiger charge is 2.32. The fourth-order valence-corrected chi connectivity index (χ4v) is 4.13. The Morgan fingerprint density at radius 1 is 1.07 bits per heavy atom. The van der Waals surface area contributed by atoms with Gasteiger partial charge in [0.2, 0.25) is 0 Å². The van der Waals surface area contributed by atoms with E-state index in [2.05, 4.69) is 36.2 Å². The minimum Gasteiger partial charge on any atom is -0.483 e. The summed E-state index contributed by atoms with van der Waals surface area (Å²) in [5, 5.41) is 2.92. The Bertz CT molecular complexity index is 853. The van der Waals surface area contributed by atoms with Crippen molar-refractivity contribution in [3.8, 4) is 11.5 Å². The molecule has 1 fully saturated rings. The lowest BCUT2D eigenvalue weighted by molar-refractivity contribution is -0.118. The van der Waals surface area contributed by atoms with Gasteiger partial charge in [0.25, 0.3) is 5.91 Å². The second-order valence-corrected chi connectivity index (χ2v) is 8.57. The largest absolute Gasteiger partial charge is 0.483 e. The zero-order valence-corrected chi connectivity index (χ0v) is 17.4. The summed E-state index contributed by atoms with van der Waals surface area (Å²) in [7, 11) is 0. The molecule has 0 spiro atoms. The first-order valence-corrected chi connectivity index (χ1v) is 10.6. The highest BCUT2D eigenvalue weighted by molar-refractivity contribution is 5.92. The monoisotopic (exact) mass is 394 g/mol. The molecule has 0 bridgehead atoms. The quantitative estimate of drug-likeness (QED) is 0.792. The van der Waals surface area contributed by atoms with Crippen LogP contribution in [0.1, 0.15) is 45.1 Å². The molecule has 2 heterocycles. The predicted octanol–water partition coefficient (Wildman–Crippen LogP) is 4.80. The van der Waals surface area contributed by atoms with Crippen molar-refractivity contribution in [1.29, 1.82) is 0 Å². The molecule has 2 aliphatic rings. The van der Waals surface area contributed by atoms with Gasteiger partial charge in [0.15, 0.2) is 18.1 Å². The minimum absolute atomic E-state index is 0.0475. The number of ether oxygens (including phenoxy) is 2. The Morgan fingerprint density at radius 3 is 2.52 bits per heavy atom. The lowest BCUT2D eigenvalue weighted by Crippen LogP contribution is -2.25. The molecule has 2 aromatic carbocycles. The number of carbonyl (C=O) groups excluding carboxylic acids is 1. The van der Waals surface area contributed by atoms with E-state index in [0.29, 0.717) is 5.75 Å². The third-order valence-electron chi connectivity index (χ3n) is 5.54. The summed E-state index contributed by atoms with van der Waals surface area (Å²) in [6.45, 7) is 6.28. The predicted molar refractivity (Wildman–Crippen MR) is 116 cm³/mol. The lowest BCUT2D eigenvalue weighted by atomic mass is 10.0. The van der Waals surface area contributed by atoms with Crippen LogP contribution in [0.2, 0.25) is 0 Å². The van der Waals surface area contributed by atoms with Gasteiger partial charge in [0.1, 0.15) is 5.60 Å². The molecule has 154 valence electrons. The number of hydrogen-bond acceptors (Lipinski definition) is 4. The fourth-order valence-electron chi connectivity index (χ4n) is 4.13. The average molecular weight is 395 g/mol. The number of anilines is 2. The molecular weight excluding hydrogens is 364 g/mol. The smallest absolute Gasteiger partial charge is 0.262 e. The van der Waals surface area contributed by atoms with Crippen LogP contribution in [0, 0.1) is 0 Å². The topological polar surface area (TPSA) is 50.8 Å². The molecule has 0 aromatic heterocycles. The Hall–Kier alpha value is -2.69. The molecule has 5 heteroatoms. The van der Waals surface area contributed by atoms with Crippen LogP contribution in [-0.4, -0.2) is 31.2 Å². The Morgan fingerprint density at radius 2 is 1.79 bits per heavy atom. The number of amides is 1. The molecule has 2 aliphatic heterocycles. The number of rotatable bonds is 5. The van der Waals surface area contributed by atoms with E-state index in [-0.39, 0.29) is 18.1 Å². The molecule has 0 atom stereocenters. The van der Waals surface area contributed by atoms with Crippen molar-refractivity contribution in [1.82, 2.24) is 0 Å². The van der Waals surface area contributed by atoms with E-state index in [4.69, 9.17) is 9.47 Å². The number of benzene rings is 2. The minimum atomic E-state index is -0.237. The highest BCUT2D eigenvalue weighted by Crippen LogP contribution is 2.41. The van der Waals surface area contributed by atoms with Gasteiger partial charge in [0, 0.05) is 36.4 Å². The van der Waals surface area contributed by atoms with Crippen LogP contribution >= 0.6 is 0 Å². The Kier molecular flexibility index (Phi) is 5.65. The van der Waals surface area contributed by atoms with Crippen molar-refractivity contribution in [2.75, 3.05) is 29.9 Å². The van der Waals surface area contributed by atoms with Crippen molar-refractivity contribution in [3.05, 3.63) is 48.0 Å². The van der Waals surface area contributed by atoms with Gasteiger partial charge in [-0.15, -0.1) is 0 Å². The van der Waals surface area contributed by atoms with Crippen LogP contribution in [0.25, 0.3) is 0 Å². The second kappa shape index (κ2) is 8.36. The van der Waals surface area contributed by atoms with Gasteiger partial charge in [-0.05, 0) is 57.0 Å². The van der Waals surface area contributed by atoms with Crippen molar-refractivity contribution in [2.45, 2.75) is 51.6 Å². The SMILES string of the molecule is CC1(C)Cc2cccc(OCC(=O)Nc3ccc(N4CCCCCC4)cc3)c2O1. The van der Waals surface area contributed by atoms with E-state index < -0.39 is 0 Å². The van der Waals surface area contributed by atoms with Gasteiger partial charge < -0.3 is 19.7 Å². The highest BCUT2D eigenvalue weighted by atomic mass is 16.5. The van der Waals surface area contributed by atoms with E-state index in [1.54, 1.807) is 0 Å². The van der Waals surface area contributed by atoms with E-state index in [1.165, 1.54) is 31.4 Å². The standard InChI is InChI=1S/C24H30N2O3/c1-24(2)16-18-8-7-9-21(23(18)29-24)28-17-22(27)25-19-10-12-20(13-11-19)26-14-5-3-4-6-15-26/h7-13H,3-6,14-17H2,1-2H3,(H,25,27). The Labute approximate surface area is 173 Å². The van der Waals surface area contributed by atoms with Gasteiger partial charge in [-0.1, -0.05) is 25.0 Å². The maximum atomic E-state index is 12.4. The first kappa shape index (κ1) is 19.6. The van der Waals surface area contributed by atoms with Crippen LogP contribution in [0.5, 0.6) is 11.5 Å². The van der Waals surface area contributed by atoms with Gasteiger partial charge in [-0.2, -0.15) is 0 Å². The summed E-state index contributed by atoms with van der Waals surface area (Å²) in [5.41, 5.74) is 2.89. The summed E-state index contributed by atoms with van der Waals surface area (Å²) < 4.78 is 11.8. The lowest BCUT2D eigenvalue weighted by Gasteiger charge is -2.22. The zero-order chi connectivity index (χ0) is 20.3. The van der Waals surface area contributed by atoms with Gasteiger partial charge in [0.05, 0.1) is 0 Å². The van der Waals surface area contributed by atoms with Crippen LogP contribution in [0.15, 0.2) is 42.5 Å². The molecule has 0 unspecified atom stereocenters. The van der Waals surface area contributed by atoms with Crippen LogP contribution in [-0.2, 0) is 11.2 Å². The summed E-state index contributed by atoms with van der Waals surface area (Å²) >= 11 is 0. The average Bonchev–Trinajstić information content (AvgIpc) is 2.85. The van der Waals surface area contributed by atoms with Gasteiger partial charge in [-0.3, -0.25) is 4.79 Å². The molecule has 5 nitrogen and oxygen atoms in total. The van der Waals surface area contributed by atoms with E-state index in [0.717, 1.165) is 36.5 Å². The summed E-state index contributed by atoms with van der Waals surface area (Å²) in [5.74, 6) is 1.20. The molecule has 2 aromatic rings. The number of carbonyl (C=O) groups is 1. The molecule has 1 amide bonds. The molecule has 0 aliphatic carbocycles. The van der Waals surface area contributed by atoms with E-state index in [1.807, 2.05) is 30.3 Å². The molecule has 4 rings (SSSR count). The van der Waals surface area contributed by atoms with E-state index in [9.17, 15) is 4.79 Å². The fraction of sp³-hybridized carbons (Fsp3) is 0.458. The number of para-hydroxylation sites is 1. The zero-order valence-electron chi connectivity index (χ0n) is 17.4. The van der Waals surface area contributed by atoms with E-state index >= 15 is 0 Å². The maximum absolute atomic E-state index is 12.4. The van der Waals surface area contributed by atoms with Gasteiger partial charge in [-0.25, -0.2) is 0 Å². The number of fused-ring (bicyclic) bond motifs is 1. The molecular formula is C24H30N2O3. The van der Waals surface area contributed by atoms with Crippen molar-refractivity contribution < 1.29 is 14.3 Å². The van der Waals surface area contributed by atoms with Gasteiger partial charge >= 0.3 is 0 Å². The van der Waals surface area contributed by atoms with Crippen LogP contribution in [0.3, 0.4) is 0 Å². The number of hydrogen-bond donors (Lipinski definition) is 1. The first-order chi connectivity index (χ1) is 14.0. The second-order valence-electron chi connectivity index (χ2n) is 8.57. The molecule has 29 heavy (non-hydrogen) atoms. The van der Waals surface area contributed by atoms with Crippen molar-refractivity contribution in [3.63, 3.8) is 0 Å². The normalized spacial score (nSPS) is 17.8. The summed E-state index contributed by atoms with van der Waals surface area (Å²) in [6, 6.07) is 13.9. The molecule has 0 radical (unpaired) electrons. The van der Waals surface area contributed by atoms with Crippen molar-refractivity contribution in [2.24, 2.45) is 0 Å². The molecule has 1 N–H and O–H groups in total. The summed E-state index contributed by atoms with van der Waals surface area (Å²) in [6.07, 6.45) is 5.98. The molecule has 1 saturated heterocycles.